The minimum absolute atomic E-state index is 0.182. The molecule has 0 unspecified atom stereocenters. The molecular formula is C19H16FN3O6. The fourth-order valence-electron chi connectivity index (χ4n) is 2.53. The number of halogens is 1. The highest BCUT2D eigenvalue weighted by Gasteiger charge is 2.25. The number of hydrogen-bond acceptors (Lipinski definition) is 7. The number of likely N-dealkylation sites (N-methyl/N-ethyl adjacent to an activating group) is 1. The standard InChI is InChI=1S/C19H16FN3O6/c1-10-3-4-11(14(20)5-10)9-22(2)19(27)13(8-21)17(25)12-6-15(23(28)29)18(26)16(24)7-12/h3-7,24-26H,9H2,1-2H3/b17-13-. The van der Waals surface area contributed by atoms with Crippen molar-refractivity contribution in [3.63, 3.8) is 0 Å². The van der Waals surface area contributed by atoms with E-state index in [4.69, 9.17) is 0 Å². The van der Waals surface area contributed by atoms with Gasteiger partial charge in [0.15, 0.2) is 11.3 Å². The lowest BCUT2D eigenvalue weighted by molar-refractivity contribution is -0.386. The number of aryl methyl sites for hydroxylation is 1. The van der Waals surface area contributed by atoms with Crippen LogP contribution in [0, 0.1) is 34.2 Å². The first-order valence-electron chi connectivity index (χ1n) is 8.11. The van der Waals surface area contributed by atoms with E-state index in [1.165, 1.54) is 25.2 Å². The number of benzene rings is 2. The second kappa shape index (κ2) is 8.26. The van der Waals surface area contributed by atoms with E-state index in [2.05, 4.69) is 0 Å². The normalized spacial score (nSPS) is 11.4. The van der Waals surface area contributed by atoms with E-state index in [9.17, 15) is 39.9 Å². The maximum absolute atomic E-state index is 14.0. The Hall–Kier alpha value is -4.13. The zero-order chi connectivity index (χ0) is 21.9. The summed E-state index contributed by atoms with van der Waals surface area (Å²) in [5.41, 5.74) is -1.26. The second-order valence-corrected chi connectivity index (χ2v) is 6.21. The quantitative estimate of drug-likeness (QED) is 0.174. The van der Waals surface area contributed by atoms with Gasteiger partial charge in [-0.05, 0) is 24.6 Å². The lowest BCUT2D eigenvalue weighted by Gasteiger charge is -2.18. The lowest BCUT2D eigenvalue weighted by atomic mass is 10.1. The highest BCUT2D eigenvalue weighted by Crippen LogP contribution is 2.38. The van der Waals surface area contributed by atoms with Crippen molar-refractivity contribution in [2.45, 2.75) is 13.5 Å². The molecule has 0 aliphatic rings. The van der Waals surface area contributed by atoms with Gasteiger partial charge in [0.1, 0.15) is 17.6 Å². The third-order valence-electron chi connectivity index (χ3n) is 4.07. The minimum atomic E-state index is -1.02. The Kier molecular flexibility index (Phi) is 6.03. The van der Waals surface area contributed by atoms with Gasteiger partial charge < -0.3 is 20.2 Å². The van der Waals surface area contributed by atoms with Crippen LogP contribution < -0.4 is 0 Å². The molecule has 2 aromatic carbocycles. The lowest BCUT2D eigenvalue weighted by Crippen LogP contribution is -2.28. The summed E-state index contributed by atoms with van der Waals surface area (Å²) in [5, 5.41) is 49.7. The monoisotopic (exact) mass is 401 g/mol. The van der Waals surface area contributed by atoms with Crippen LogP contribution in [0.15, 0.2) is 35.9 Å². The number of nitrogens with zero attached hydrogens (tertiary/aromatic N) is 3. The van der Waals surface area contributed by atoms with E-state index in [1.807, 2.05) is 0 Å². The van der Waals surface area contributed by atoms with E-state index in [-0.39, 0.29) is 12.1 Å². The molecule has 0 fully saturated rings. The third kappa shape index (κ3) is 4.41. The number of carbonyl (C=O) groups excluding carboxylic acids is 1. The first-order valence-corrected chi connectivity index (χ1v) is 8.11. The van der Waals surface area contributed by atoms with Gasteiger partial charge in [-0.25, -0.2) is 4.39 Å². The molecule has 2 rings (SSSR count). The average molecular weight is 401 g/mol. The fourth-order valence-corrected chi connectivity index (χ4v) is 2.53. The van der Waals surface area contributed by atoms with Crippen molar-refractivity contribution in [2.75, 3.05) is 7.05 Å². The largest absolute Gasteiger partial charge is 0.506 e. The predicted octanol–water partition coefficient (Wildman–Crippen LogP) is 2.90. The minimum Gasteiger partial charge on any atom is -0.506 e. The number of nitriles is 1. The van der Waals surface area contributed by atoms with Gasteiger partial charge in [-0.15, -0.1) is 0 Å². The summed E-state index contributed by atoms with van der Waals surface area (Å²) in [6.45, 7) is 1.49. The van der Waals surface area contributed by atoms with Crippen LogP contribution >= 0.6 is 0 Å². The number of nitro groups is 1. The average Bonchev–Trinajstić information content (AvgIpc) is 2.66. The Bertz CT molecular complexity index is 1070. The van der Waals surface area contributed by atoms with Gasteiger partial charge in [0.25, 0.3) is 5.91 Å². The maximum Gasteiger partial charge on any atom is 0.315 e. The topological polar surface area (TPSA) is 148 Å². The molecule has 0 atom stereocenters. The van der Waals surface area contributed by atoms with E-state index in [0.717, 1.165) is 11.0 Å². The van der Waals surface area contributed by atoms with E-state index >= 15 is 0 Å². The Morgan fingerprint density at radius 3 is 2.52 bits per heavy atom. The van der Waals surface area contributed by atoms with Gasteiger partial charge in [0.05, 0.1) is 4.92 Å². The Labute approximate surface area is 164 Å². The molecule has 0 radical (unpaired) electrons. The third-order valence-corrected chi connectivity index (χ3v) is 4.07. The number of hydrogen-bond donors (Lipinski definition) is 3. The summed E-state index contributed by atoms with van der Waals surface area (Å²) in [6, 6.07) is 7.38. The molecule has 10 heteroatoms. The Balaban J connectivity index is 2.42. The van der Waals surface area contributed by atoms with Crippen LogP contribution in [0.2, 0.25) is 0 Å². The van der Waals surface area contributed by atoms with E-state index < -0.39 is 50.7 Å². The first kappa shape index (κ1) is 21.2. The number of rotatable bonds is 5. The van der Waals surface area contributed by atoms with Crippen LogP contribution in [-0.2, 0) is 11.3 Å². The van der Waals surface area contributed by atoms with Crippen molar-refractivity contribution < 1.29 is 29.4 Å². The van der Waals surface area contributed by atoms with Crippen molar-refractivity contribution in [1.29, 1.82) is 5.26 Å². The number of carbonyl (C=O) groups is 1. The van der Waals surface area contributed by atoms with Gasteiger partial charge in [-0.2, -0.15) is 5.26 Å². The zero-order valence-corrected chi connectivity index (χ0v) is 15.4. The fraction of sp³-hybridized carbons (Fsp3) is 0.158. The molecule has 3 N–H and O–H groups in total. The molecular weight excluding hydrogens is 385 g/mol. The molecule has 2 aromatic rings. The van der Waals surface area contributed by atoms with Crippen LogP contribution in [-0.4, -0.2) is 38.1 Å². The summed E-state index contributed by atoms with van der Waals surface area (Å²) >= 11 is 0. The molecule has 9 nitrogen and oxygen atoms in total. The van der Waals surface area contributed by atoms with E-state index in [1.54, 1.807) is 13.0 Å². The molecule has 0 spiro atoms. The van der Waals surface area contributed by atoms with Crippen LogP contribution in [0.3, 0.4) is 0 Å². The van der Waals surface area contributed by atoms with Crippen molar-refractivity contribution >= 4 is 17.4 Å². The predicted molar refractivity (Wildman–Crippen MR) is 99.2 cm³/mol. The molecule has 0 aliphatic heterocycles. The highest BCUT2D eigenvalue weighted by atomic mass is 19.1. The maximum atomic E-state index is 14.0. The number of aliphatic hydroxyl groups excluding tert-OH is 1. The van der Waals surface area contributed by atoms with Crippen LogP contribution in [0.1, 0.15) is 16.7 Å². The number of amides is 1. The van der Waals surface area contributed by atoms with Crippen LogP contribution in [0.5, 0.6) is 11.5 Å². The zero-order valence-electron chi connectivity index (χ0n) is 15.4. The summed E-state index contributed by atoms with van der Waals surface area (Å²) in [5.74, 6) is -4.40. The molecule has 0 saturated carbocycles. The molecule has 1 amide bonds. The van der Waals surface area contributed by atoms with Crippen molar-refractivity contribution in [3.05, 3.63) is 68.5 Å². The first-order chi connectivity index (χ1) is 13.6. The highest BCUT2D eigenvalue weighted by molar-refractivity contribution is 6.03. The Morgan fingerprint density at radius 2 is 1.97 bits per heavy atom. The molecule has 0 bridgehead atoms. The van der Waals surface area contributed by atoms with Crippen molar-refractivity contribution in [3.8, 4) is 17.6 Å². The van der Waals surface area contributed by atoms with E-state index in [0.29, 0.717) is 11.6 Å². The summed E-state index contributed by atoms with van der Waals surface area (Å²) in [4.78, 5) is 23.5. The van der Waals surface area contributed by atoms with Crippen LogP contribution in [0.25, 0.3) is 5.76 Å². The summed E-state index contributed by atoms with van der Waals surface area (Å²) < 4.78 is 14.0. The number of phenols is 2. The second-order valence-electron chi connectivity index (χ2n) is 6.21. The smallest absolute Gasteiger partial charge is 0.315 e. The SMILES string of the molecule is Cc1ccc(CN(C)C(=O)/C(C#N)=C(\O)c2cc(O)c(O)c([N+](=O)[O-])c2)c(F)c1. The molecule has 0 heterocycles. The molecule has 0 aromatic heterocycles. The number of phenolic OH excluding ortho intramolecular Hbond substituents is 2. The number of aliphatic hydroxyl groups is 1. The van der Waals surface area contributed by atoms with Gasteiger partial charge in [-0.1, -0.05) is 12.1 Å². The molecule has 29 heavy (non-hydrogen) atoms. The van der Waals surface area contributed by atoms with Gasteiger partial charge in [0.2, 0.25) is 5.75 Å². The van der Waals surface area contributed by atoms with Gasteiger partial charge in [0, 0.05) is 30.8 Å². The summed E-state index contributed by atoms with van der Waals surface area (Å²) in [7, 11) is 1.28. The van der Waals surface area contributed by atoms with Crippen molar-refractivity contribution in [2.24, 2.45) is 0 Å². The number of aromatic hydroxyl groups is 2. The molecule has 150 valence electrons. The molecule has 0 aliphatic carbocycles. The molecule has 0 saturated heterocycles. The van der Waals surface area contributed by atoms with Gasteiger partial charge >= 0.3 is 5.69 Å². The van der Waals surface area contributed by atoms with Crippen LogP contribution in [0.4, 0.5) is 10.1 Å². The number of nitro benzene ring substituents is 1. The summed E-state index contributed by atoms with van der Waals surface area (Å²) in [6.07, 6.45) is 0. The van der Waals surface area contributed by atoms with Crippen molar-refractivity contribution in [1.82, 2.24) is 4.90 Å². The van der Waals surface area contributed by atoms with Gasteiger partial charge in [-0.3, -0.25) is 14.9 Å². The Morgan fingerprint density at radius 1 is 1.31 bits per heavy atom.